The van der Waals surface area contributed by atoms with E-state index in [0.29, 0.717) is 15.7 Å². The predicted molar refractivity (Wildman–Crippen MR) is 46.7 cm³/mol. The van der Waals surface area contributed by atoms with Gasteiger partial charge in [0.1, 0.15) is 5.69 Å². The Morgan fingerprint density at radius 2 is 2.17 bits per heavy atom. The lowest BCUT2D eigenvalue weighted by Gasteiger charge is -1.93. The Kier molecular flexibility index (Phi) is 2.94. The summed E-state index contributed by atoms with van der Waals surface area (Å²) in [5, 5.41) is 8.95. The van der Waals surface area contributed by atoms with Crippen LogP contribution in [0.4, 0.5) is 0 Å². The van der Waals surface area contributed by atoms with E-state index in [1.54, 1.807) is 6.07 Å². The highest BCUT2D eigenvalue weighted by Gasteiger charge is 1.98. The molecule has 0 aliphatic heterocycles. The molecule has 0 aliphatic rings. The molecular weight excluding hydrogens is 195 g/mol. The van der Waals surface area contributed by atoms with Crippen molar-refractivity contribution in [2.45, 2.75) is 0 Å². The zero-order chi connectivity index (χ0) is 8.97. The SMILES string of the molecule is N#CC#Cc1ncc(Cl)cc1Cl. The quantitative estimate of drug-likeness (QED) is 0.598. The zero-order valence-corrected chi connectivity index (χ0v) is 7.32. The van der Waals surface area contributed by atoms with Crippen molar-refractivity contribution in [2.75, 3.05) is 0 Å². The van der Waals surface area contributed by atoms with E-state index in [0.717, 1.165) is 0 Å². The van der Waals surface area contributed by atoms with Crippen LogP contribution in [0.5, 0.6) is 0 Å². The third kappa shape index (κ3) is 2.13. The molecule has 1 rings (SSSR count). The van der Waals surface area contributed by atoms with Gasteiger partial charge in [0.25, 0.3) is 0 Å². The first-order chi connectivity index (χ1) is 5.74. The van der Waals surface area contributed by atoms with Crippen molar-refractivity contribution in [1.29, 1.82) is 5.26 Å². The van der Waals surface area contributed by atoms with Crippen molar-refractivity contribution in [3.63, 3.8) is 0 Å². The van der Waals surface area contributed by atoms with Gasteiger partial charge in [-0.25, -0.2) is 4.98 Å². The average molecular weight is 197 g/mol. The van der Waals surface area contributed by atoms with E-state index in [1.807, 2.05) is 0 Å². The van der Waals surface area contributed by atoms with Gasteiger partial charge < -0.3 is 0 Å². The number of aromatic nitrogens is 1. The Labute approximate surface area is 79.7 Å². The van der Waals surface area contributed by atoms with Gasteiger partial charge in [-0.3, -0.25) is 0 Å². The molecule has 4 heteroatoms. The van der Waals surface area contributed by atoms with Crippen LogP contribution >= 0.6 is 23.2 Å². The summed E-state index contributed by atoms with van der Waals surface area (Å²) in [7, 11) is 0. The minimum absolute atomic E-state index is 0.352. The van der Waals surface area contributed by atoms with E-state index in [9.17, 15) is 0 Å². The molecular formula is C8H2Cl2N2. The molecule has 0 fully saturated rings. The normalized spacial score (nSPS) is 8.08. The molecule has 0 bridgehead atoms. The molecule has 2 nitrogen and oxygen atoms in total. The van der Waals surface area contributed by atoms with Gasteiger partial charge in [0.05, 0.1) is 10.0 Å². The summed E-state index contributed by atoms with van der Waals surface area (Å²) in [6, 6.07) is 3.19. The van der Waals surface area contributed by atoms with Crippen molar-refractivity contribution in [1.82, 2.24) is 4.98 Å². The second-order valence-corrected chi connectivity index (χ2v) is 2.69. The Morgan fingerprint density at radius 3 is 2.75 bits per heavy atom. The van der Waals surface area contributed by atoms with E-state index in [-0.39, 0.29) is 0 Å². The molecule has 0 saturated carbocycles. The van der Waals surface area contributed by atoms with Crippen LogP contribution in [0.3, 0.4) is 0 Å². The van der Waals surface area contributed by atoms with Crippen LogP contribution in [0.15, 0.2) is 12.3 Å². The largest absolute Gasteiger partial charge is 0.245 e. The first-order valence-electron chi connectivity index (χ1n) is 2.95. The zero-order valence-electron chi connectivity index (χ0n) is 5.81. The lowest BCUT2D eigenvalue weighted by Crippen LogP contribution is -1.82. The highest BCUT2D eigenvalue weighted by Crippen LogP contribution is 2.17. The molecule has 1 aromatic heterocycles. The Balaban J connectivity index is 3.12. The number of nitrogens with zero attached hydrogens (tertiary/aromatic N) is 2. The van der Waals surface area contributed by atoms with Crippen LogP contribution < -0.4 is 0 Å². The highest BCUT2D eigenvalue weighted by molar-refractivity contribution is 6.35. The van der Waals surface area contributed by atoms with Crippen molar-refractivity contribution < 1.29 is 0 Å². The highest BCUT2D eigenvalue weighted by atomic mass is 35.5. The van der Waals surface area contributed by atoms with E-state index in [1.165, 1.54) is 12.3 Å². The summed E-state index contributed by atoms with van der Waals surface area (Å²) in [5.74, 6) is 4.67. The monoisotopic (exact) mass is 196 g/mol. The fourth-order valence-electron chi connectivity index (χ4n) is 0.594. The van der Waals surface area contributed by atoms with Crippen molar-refractivity contribution in [3.8, 4) is 17.9 Å². The number of hydrogen-bond donors (Lipinski definition) is 0. The van der Waals surface area contributed by atoms with Gasteiger partial charge in [0.2, 0.25) is 0 Å². The lowest BCUT2D eigenvalue weighted by atomic mass is 10.3. The molecule has 12 heavy (non-hydrogen) atoms. The minimum atomic E-state index is 0.352. The number of halogens is 2. The van der Waals surface area contributed by atoms with Crippen molar-refractivity contribution in [2.24, 2.45) is 0 Å². The topological polar surface area (TPSA) is 36.7 Å². The molecule has 0 unspecified atom stereocenters. The summed E-state index contributed by atoms with van der Waals surface area (Å²) < 4.78 is 0. The summed E-state index contributed by atoms with van der Waals surface area (Å²) in [6.45, 7) is 0. The number of hydrogen-bond acceptors (Lipinski definition) is 2. The Bertz CT molecular complexity index is 396. The van der Waals surface area contributed by atoms with Crippen LogP contribution in [0.1, 0.15) is 5.69 Å². The molecule has 0 spiro atoms. The second kappa shape index (κ2) is 3.97. The maximum Gasteiger partial charge on any atom is 0.152 e. The van der Waals surface area contributed by atoms with Crippen molar-refractivity contribution in [3.05, 3.63) is 28.0 Å². The fraction of sp³-hybridized carbons (Fsp3) is 0. The van der Waals surface area contributed by atoms with E-state index in [4.69, 9.17) is 28.5 Å². The maximum absolute atomic E-state index is 8.15. The number of pyridine rings is 1. The van der Waals surface area contributed by atoms with Gasteiger partial charge in [-0.2, -0.15) is 5.26 Å². The first kappa shape index (κ1) is 8.87. The predicted octanol–water partition coefficient (Wildman–Crippen LogP) is 2.26. The standard InChI is InChI=1S/C8H2Cl2N2/c9-6-4-7(10)8(12-5-6)2-1-3-11/h4-5H. The van der Waals surface area contributed by atoms with Gasteiger partial charge in [0, 0.05) is 12.1 Å². The Hall–Kier alpha value is -1.22. The third-order valence-corrected chi connectivity index (χ3v) is 1.54. The van der Waals surface area contributed by atoms with E-state index < -0.39 is 0 Å². The maximum atomic E-state index is 8.15. The summed E-state index contributed by atoms with van der Waals surface area (Å²) in [4.78, 5) is 3.83. The van der Waals surface area contributed by atoms with Crippen LogP contribution in [0.2, 0.25) is 10.0 Å². The fourth-order valence-corrected chi connectivity index (χ4v) is 1.02. The number of rotatable bonds is 0. The molecule has 0 saturated heterocycles. The van der Waals surface area contributed by atoms with Crippen LogP contribution in [0.25, 0.3) is 0 Å². The minimum Gasteiger partial charge on any atom is -0.245 e. The van der Waals surface area contributed by atoms with Crippen LogP contribution in [-0.4, -0.2) is 4.98 Å². The average Bonchev–Trinajstić information content (AvgIpc) is 2.03. The lowest BCUT2D eigenvalue weighted by molar-refractivity contribution is 1.29. The summed E-state index contributed by atoms with van der Waals surface area (Å²) in [6.07, 6.45) is 1.43. The van der Waals surface area contributed by atoms with Gasteiger partial charge in [-0.15, -0.1) is 0 Å². The summed E-state index contributed by atoms with van der Waals surface area (Å²) in [5.41, 5.74) is 0.364. The molecule has 0 atom stereocenters. The molecule has 0 amide bonds. The van der Waals surface area contributed by atoms with Gasteiger partial charge in [-0.05, 0) is 12.0 Å². The van der Waals surface area contributed by atoms with E-state index in [2.05, 4.69) is 16.8 Å². The molecule has 0 aromatic carbocycles. The third-order valence-electron chi connectivity index (χ3n) is 1.04. The Morgan fingerprint density at radius 1 is 1.42 bits per heavy atom. The van der Waals surface area contributed by atoms with Crippen LogP contribution in [0, 0.1) is 23.2 Å². The molecule has 0 aliphatic carbocycles. The van der Waals surface area contributed by atoms with Gasteiger partial charge in [-0.1, -0.05) is 23.2 Å². The molecule has 0 N–H and O–H groups in total. The van der Waals surface area contributed by atoms with Crippen molar-refractivity contribution >= 4 is 23.2 Å². The summed E-state index contributed by atoms with van der Waals surface area (Å²) >= 11 is 11.3. The number of nitriles is 1. The first-order valence-corrected chi connectivity index (χ1v) is 3.71. The second-order valence-electron chi connectivity index (χ2n) is 1.85. The molecule has 0 radical (unpaired) electrons. The molecule has 1 heterocycles. The van der Waals surface area contributed by atoms with Gasteiger partial charge in [0.15, 0.2) is 6.07 Å². The molecule has 1 aromatic rings. The van der Waals surface area contributed by atoms with Gasteiger partial charge >= 0.3 is 0 Å². The molecule has 58 valence electrons. The smallest absolute Gasteiger partial charge is 0.152 e. The van der Waals surface area contributed by atoms with Crippen LogP contribution in [-0.2, 0) is 0 Å². The van der Waals surface area contributed by atoms with E-state index >= 15 is 0 Å².